The predicted octanol–water partition coefficient (Wildman–Crippen LogP) is 3.78. The smallest absolute Gasteiger partial charge is 0.0966 e. The van der Waals surface area contributed by atoms with Gasteiger partial charge in [0.25, 0.3) is 0 Å². The third kappa shape index (κ3) is 2.17. The number of pyridine rings is 2. The van der Waals surface area contributed by atoms with Gasteiger partial charge in [-0.25, -0.2) is 0 Å². The van der Waals surface area contributed by atoms with Gasteiger partial charge in [-0.15, -0.1) is 0 Å². The molecule has 1 aliphatic heterocycles. The van der Waals surface area contributed by atoms with E-state index in [0.29, 0.717) is 12.1 Å². The molecule has 1 fully saturated rings. The Morgan fingerprint density at radius 2 is 1.48 bits per heavy atom. The molecule has 0 N–H and O–H groups in total. The van der Waals surface area contributed by atoms with Crippen LogP contribution in [0.1, 0.15) is 23.3 Å². The lowest BCUT2D eigenvalue weighted by molar-refractivity contribution is 0.963. The Morgan fingerprint density at radius 3 is 2.19 bits per heavy atom. The molecule has 0 unspecified atom stereocenters. The lowest BCUT2D eigenvalue weighted by atomic mass is 10.1. The molecule has 4 rings (SSSR count). The van der Waals surface area contributed by atoms with E-state index in [2.05, 4.69) is 57.3 Å². The van der Waals surface area contributed by atoms with Crippen molar-refractivity contribution in [3.05, 3.63) is 90.5 Å². The molecule has 0 bridgehead atoms. The zero-order chi connectivity index (χ0) is 14.1. The van der Waals surface area contributed by atoms with E-state index < -0.39 is 0 Å². The van der Waals surface area contributed by atoms with Gasteiger partial charge in [-0.1, -0.05) is 24.3 Å². The van der Waals surface area contributed by atoms with Crippen molar-refractivity contribution in [2.75, 3.05) is 4.90 Å². The summed E-state index contributed by atoms with van der Waals surface area (Å²) in [6, 6.07) is 21.4. The highest BCUT2D eigenvalue weighted by Gasteiger charge is 2.50. The summed E-state index contributed by atoms with van der Waals surface area (Å²) in [6.07, 6.45) is 5.57. The summed E-state index contributed by atoms with van der Waals surface area (Å²) in [7, 11) is 0. The molecular weight excluding hydrogens is 258 g/mol. The third-order valence-corrected chi connectivity index (χ3v) is 3.90. The Hall–Kier alpha value is -2.68. The van der Waals surface area contributed by atoms with Gasteiger partial charge in [0, 0.05) is 24.3 Å². The maximum absolute atomic E-state index is 4.53. The minimum Gasteiger partial charge on any atom is -0.351 e. The van der Waals surface area contributed by atoms with E-state index >= 15 is 0 Å². The molecule has 1 aromatic carbocycles. The molecule has 3 heteroatoms. The monoisotopic (exact) mass is 273 g/mol. The average Bonchev–Trinajstić information content (AvgIpc) is 3.33. The minimum atomic E-state index is 0.302. The SMILES string of the molecule is c1ccc(N2[C@H](c3ccncc3)[C@@H]2c2ccccn2)cc1. The summed E-state index contributed by atoms with van der Waals surface area (Å²) in [5.41, 5.74) is 3.63. The zero-order valence-corrected chi connectivity index (χ0v) is 11.5. The first-order valence-electron chi connectivity index (χ1n) is 7.09. The number of anilines is 1. The van der Waals surface area contributed by atoms with Crippen LogP contribution in [0.2, 0.25) is 0 Å². The first kappa shape index (κ1) is 12.1. The summed E-state index contributed by atoms with van der Waals surface area (Å²) < 4.78 is 0. The largest absolute Gasteiger partial charge is 0.351 e. The van der Waals surface area contributed by atoms with Crippen molar-refractivity contribution in [1.82, 2.24) is 9.97 Å². The molecule has 21 heavy (non-hydrogen) atoms. The lowest BCUT2D eigenvalue weighted by Gasteiger charge is -2.05. The van der Waals surface area contributed by atoms with Gasteiger partial charge >= 0.3 is 0 Å². The van der Waals surface area contributed by atoms with Gasteiger partial charge in [-0.3, -0.25) is 9.97 Å². The van der Waals surface area contributed by atoms with Gasteiger partial charge in [0.1, 0.15) is 0 Å². The van der Waals surface area contributed by atoms with Crippen molar-refractivity contribution in [3.63, 3.8) is 0 Å². The molecule has 3 aromatic rings. The van der Waals surface area contributed by atoms with Crippen LogP contribution < -0.4 is 4.90 Å². The molecule has 3 nitrogen and oxygen atoms in total. The highest BCUT2D eigenvalue weighted by molar-refractivity contribution is 5.60. The summed E-state index contributed by atoms with van der Waals surface area (Å²) in [6.45, 7) is 0. The number of nitrogens with zero attached hydrogens (tertiary/aromatic N) is 3. The van der Waals surface area contributed by atoms with Gasteiger partial charge in [-0.2, -0.15) is 0 Å². The van der Waals surface area contributed by atoms with Crippen LogP contribution >= 0.6 is 0 Å². The molecule has 3 heterocycles. The fourth-order valence-corrected chi connectivity index (χ4v) is 2.91. The molecule has 2 atom stereocenters. The molecule has 1 saturated heterocycles. The normalized spacial score (nSPS) is 20.3. The lowest BCUT2D eigenvalue weighted by Crippen LogP contribution is -1.96. The first-order valence-corrected chi connectivity index (χ1v) is 7.09. The molecule has 0 amide bonds. The number of benzene rings is 1. The molecule has 0 aliphatic carbocycles. The van der Waals surface area contributed by atoms with E-state index in [0.717, 1.165) is 5.69 Å². The van der Waals surface area contributed by atoms with E-state index in [-0.39, 0.29) is 0 Å². The first-order chi connectivity index (χ1) is 10.4. The van der Waals surface area contributed by atoms with Crippen molar-refractivity contribution < 1.29 is 0 Å². The summed E-state index contributed by atoms with van der Waals surface area (Å²) >= 11 is 0. The number of hydrogen-bond acceptors (Lipinski definition) is 3. The van der Waals surface area contributed by atoms with Crippen LogP contribution in [-0.2, 0) is 0 Å². The number of rotatable bonds is 3. The average molecular weight is 273 g/mol. The van der Waals surface area contributed by atoms with Crippen LogP contribution in [0, 0.1) is 0 Å². The molecule has 0 spiro atoms. The van der Waals surface area contributed by atoms with Crippen molar-refractivity contribution in [2.24, 2.45) is 0 Å². The predicted molar refractivity (Wildman–Crippen MR) is 82.9 cm³/mol. The molecule has 0 saturated carbocycles. The maximum atomic E-state index is 4.53. The quantitative estimate of drug-likeness (QED) is 0.680. The molecule has 2 aromatic heterocycles. The Morgan fingerprint density at radius 1 is 0.714 bits per heavy atom. The van der Waals surface area contributed by atoms with Crippen LogP contribution in [0.25, 0.3) is 0 Å². The number of para-hydroxylation sites is 1. The number of aromatic nitrogens is 2. The zero-order valence-electron chi connectivity index (χ0n) is 11.5. The Bertz CT molecular complexity index is 604. The van der Waals surface area contributed by atoms with Crippen LogP contribution in [0.5, 0.6) is 0 Å². The summed E-state index contributed by atoms with van der Waals surface area (Å²) in [5.74, 6) is 0. The Labute approximate surface area is 123 Å². The minimum absolute atomic E-state index is 0.302. The van der Waals surface area contributed by atoms with E-state index in [1.165, 1.54) is 11.3 Å². The van der Waals surface area contributed by atoms with E-state index in [1.54, 1.807) is 0 Å². The molecule has 0 radical (unpaired) electrons. The van der Waals surface area contributed by atoms with Gasteiger partial charge in [-0.05, 0) is 42.0 Å². The Balaban J connectivity index is 1.74. The molecule has 102 valence electrons. The fourth-order valence-electron chi connectivity index (χ4n) is 2.91. The van der Waals surface area contributed by atoms with Crippen molar-refractivity contribution in [1.29, 1.82) is 0 Å². The second-order valence-electron chi connectivity index (χ2n) is 5.17. The topological polar surface area (TPSA) is 28.8 Å². The van der Waals surface area contributed by atoms with E-state index in [1.807, 2.05) is 36.8 Å². The van der Waals surface area contributed by atoms with Crippen LogP contribution in [0.4, 0.5) is 5.69 Å². The highest BCUT2D eigenvalue weighted by Crippen LogP contribution is 2.56. The molecular formula is C18H15N3. The van der Waals surface area contributed by atoms with E-state index in [4.69, 9.17) is 0 Å². The van der Waals surface area contributed by atoms with Gasteiger partial charge in [0.2, 0.25) is 0 Å². The molecule has 1 aliphatic rings. The fraction of sp³-hybridized carbons (Fsp3) is 0.111. The summed E-state index contributed by atoms with van der Waals surface area (Å²) in [5, 5.41) is 0. The second-order valence-corrected chi connectivity index (χ2v) is 5.17. The van der Waals surface area contributed by atoms with Gasteiger partial charge < -0.3 is 4.90 Å². The van der Waals surface area contributed by atoms with Crippen molar-refractivity contribution in [2.45, 2.75) is 12.1 Å². The number of hydrogen-bond donors (Lipinski definition) is 0. The highest BCUT2D eigenvalue weighted by atomic mass is 15.4. The van der Waals surface area contributed by atoms with Gasteiger partial charge in [0.05, 0.1) is 17.8 Å². The second kappa shape index (κ2) is 5.02. The van der Waals surface area contributed by atoms with Crippen LogP contribution in [-0.4, -0.2) is 9.97 Å². The summed E-state index contributed by atoms with van der Waals surface area (Å²) in [4.78, 5) is 11.1. The van der Waals surface area contributed by atoms with Crippen molar-refractivity contribution in [3.8, 4) is 0 Å². The van der Waals surface area contributed by atoms with Crippen LogP contribution in [0.3, 0.4) is 0 Å². The third-order valence-electron chi connectivity index (χ3n) is 3.90. The van der Waals surface area contributed by atoms with Crippen LogP contribution in [0.15, 0.2) is 79.3 Å². The Kier molecular flexibility index (Phi) is 2.89. The van der Waals surface area contributed by atoms with Gasteiger partial charge in [0.15, 0.2) is 0 Å². The standard InChI is InChI=1S/C18H15N3/c1-2-6-15(7-3-1)21-17(14-9-12-19-13-10-14)18(21)16-8-4-5-11-20-16/h1-13,17-18H/t17-,18+,21?/m1/s1. The van der Waals surface area contributed by atoms with Crippen molar-refractivity contribution >= 4 is 5.69 Å². The van der Waals surface area contributed by atoms with E-state index in [9.17, 15) is 0 Å². The maximum Gasteiger partial charge on any atom is 0.0966 e.